The van der Waals surface area contributed by atoms with Crippen molar-refractivity contribution in [3.63, 3.8) is 0 Å². The van der Waals surface area contributed by atoms with Gasteiger partial charge < -0.3 is 20.1 Å². The minimum atomic E-state index is -0.484. The smallest absolute Gasteiger partial charge is 0.254 e. The third kappa shape index (κ3) is 3.33. The van der Waals surface area contributed by atoms with E-state index in [2.05, 4.69) is 0 Å². The Morgan fingerprint density at radius 1 is 1.48 bits per heavy atom. The molecule has 1 aromatic carbocycles. The summed E-state index contributed by atoms with van der Waals surface area (Å²) < 4.78 is 23.7. The Labute approximate surface area is 123 Å². The van der Waals surface area contributed by atoms with Gasteiger partial charge in [-0.3, -0.25) is 4.79 Å². The lowest BCUT2D eigenvalue weighted by atomic mass is 9.98. The monoisotopic (exact) mass is 296 g/mol. The number of rotatable bonds is 4. The van der Waals surface area contributed by atoms with Gasteiger partial charge in [-0.25, -0.2) is 4.39 Å². The number of nitrogens with two attached hydrogens (primary N) is 1. The molecule has 0 radical (unpaired) electrons. The molecule has 2 unspecified atom stereocenters. The fourth-order valence-corrected chi connectivity index (χ4v) is 2.68. The summed E-state index contributed by atoms with van der Waals surface area (Å²) in [6.45, 7) is 0.961. The molecule has 6 heteroatoms. The summed E-state index contributed by atoms with van der Waals surface area (Å²) in [6.07, 6.45) is 1.62. The third-order valence-electron chi connectivity index (χ3n) is 3.93. The van der Waals surface area contributed by atoms with Gasteiger partial charge in [0.15, 0.2) is 11.6 Å². The van der Waals surface area contributed by atoms with Crippen molar-refractivity contribution >= 4 is 5.91 Å². The van der Waals surface area contributed by atoms with Gasteiger partial charge in [0.25, 0.3) is 5.91 Å². The molecule has 116 valence electrons. The fraction of sp³-hybridized carbons (Fsp3) is 0.533. The molecule has 2 N–H and O–H groups in total. The quantitative estimate of drug-likeness (QED) is 0.912. The normalized spacial score (nSPS) is 22.2. The summed E-state index contributed by atoms with van der Waals surface area (Å²) in [5.74, 6) is -0.572. The number of halogens is 1. The Hall–Kier alpha value is -1.66. The van der Waals surface area contributed by atoms with E-state index in [4.69, 9.17) is 15.2 Å². The topological polar surface area (TPSA) is 64.8 Å². The molecule has 0 aliphatic carbocycles. The number of ether oxygens (including phenoxy) is 2. The summed E-state index contributed by atoms with van der Waals surface area (Å²) >= 11 is 0. The van der Waals surface area contributed by atoms with Gasteiger partial charge in [0.1, 0.15) is 0 Å². The minimum Gasteiger partial charge on any atom is -0.494 e. The summed E-state index contributed by atoms with van der Waals surface area (Å²) in [4.78, 5) is 14.3. The highest BCUT2D eigenvalue weighted by Crippen LogP contribution is 2.24. The zero-order valence-corrected chi connectivity index (χ0v) is 12.3. The van der Waals surface area contributed by atoms with E-state index in [1.54, 1.807) is 12.0 Å². The van der Waals surface area contributed by atoms with Crippen LogP contribution in [0.2, 0.25) is 0 Å². The van der Waals surface area contributed by atoms with Crippen LogP contribution in [-0.2, 0) is 4.74 Å². The van der Waals surface area contributed by atoms with Gasteiger partial charge in [0, 0.05) is 31.8 Å². The van der Waals surface area contributed by atoms with E-state index in [0.717, 1.165) is 12.8 Å². The zero-order chi connectivity index (χ0) is 15.4. The van der Waals surface area contributed by atoms with Gasteiger partial charge in [-0.2, -0.15) is 0 Å². The van der Waals surface area contributed by atoms with Crippen LogP contribution in [0.3, 0.4) is 0 Å². The number of likely N-dealkylation sites (tertiary alicyclic amines) is 1. The summed E-state index contributed by atoms with van der Waals surface area (Å²) in [7, 11) is 3.04. The maximum absolute atomic E-state index is 13.4. The minimum absolute atomic E-state index is 0.0627. The van der Waals surface area contributed by atoms with E-state index < -0.39 is 5.82 Å². The largest absolute Gasteiger partial charge is 0.494 e. The molecule has 0 aromatic heterocycles. The first-order chi connectivity index (χ1) is 10.1. The first-order valence-electron chi connectivity index (χ1n) is 6.98. The van der Waals surface area contributed by atoms with Crippen molar-refractivity contribution in [2.45, 2.75) is 25.0 Å². The van der Waals surface area contributed by atoms with Crippen LogP contribution in [0.1, 0.15) is 23.2 Å². The summed E-state index contributed by atoms with van der Waals surface area (Å²) in [6, 6.07) is 4.07. The van der Waals surface area contributed by atoms with Crippen molar-refractivity contribution in [1.29, 1.82) is 0 Å². The Balaban J connectivity index is 2.18. The van der Waals surface area contributed by atoms with E-state index in [9.17, 15) is 9.18 Å². The lowest BCUT2D eigenvalue weighted by Crippen LogP contribution is -2.51. The lowest BCUT2D eigenvalue weighted by molar-refractivity contribution is 0.0139. The highest BCUT2D eigenvalue weighted by Gasteiger charge is 2.31. The Morgan fingerprint density at radius 2 is 2.24 bits per heavy atom. The van der Waals surface area contributed by atoms with Crippen molar-refractivity contribution < 1.29 is 18.7 Å². The second kappa shape index (κ2) is 6.87. The molecule has 1 aliphatic heterocycles. The van der Waals surface area contributed by atoms with E-state index >= 15 is 0 Å². The molecule has 5 nitrogen and oxygen atoms in total. The maximum atomic E-state index is 13.4. The molecule has 0 bridgehead atoms. The molecule has 1 aliphatic rings. The number of hydrogen-bond donors (Lipinski definition) is 1. The van der Waals surface area contributed by atoms with Gasteiger partial charge in [-0.1, -0.05) is 0 Å². The fourth-order valence-electron chi connectivity index (χ4n) is 2.68. The number of amides is 1. The molecule has 1 amide bonds. The van der Waals surface area contributed by atoms with Crippen molar-refractivity contribution in [3.8, 4) is 5.75 Å². The number of methoxy groups -OCH3 is 2. The van der Waals surface area contributed by atoms with E-state index in [1.165, 1.54) is 25.3 Å². The number of benzene rings is 1. The molecule has 0 saturated carbocycles. The van der Waals surface area contributed by atoms with E-state index in [1.807, 2.05) is 0 Å². The number of piperidine rings is 1. The molecule has 1 heterocycles. The van der Waals surface area contributed by atoms with E-state index in [-0.39, 0.29) is 23.8 Å². The number of carbonyl (C=O) groups is 1. The van der Waals surface area contributed by atoms with Crippen LogP contribution < -0.4 is 10.5 Å². The molecule has 2 atom stereocenters. The molecule has 1 fully saturated rings. The van der Waals surface area contributed by atoms with Crippen molar-refractivity contribution in [2.24, 2.45) is 5.73 Å². The Kier molecular flexibility index (Phi) is 5.14. The van der Waals surface area contributed by atoms with Crippen LogP contribution >= 0.6 is 0 Å². The first-order valence-corrected chi connectivity index (χ1v) is 6.98. The predicted octanol–water partition coefficient (Wildman–Crippen LogP) is 1.41. The standard InChI is InChI=1S/C15H21FN2O3/c1-20-12-5-6-18(11(8-12)9-17)15(19)10-3-4-13(16)14(7-10)21-2/h3-4,7,11-12H,5-6,8-9,17H2,1-2H3. The average Bonchev–Trinajstić information content (AvgIpc) is 2.54. The lowest BCUT2D eigenvalue weighted by Gasteiger charge is -2.38. The van der Waals surface area contributed by atoms with Gasteiger partial charge in [-0.15, -0.1) is 0 Å². The highest BCUT2D eigenvalue weighted by atomic mass is 19.1. The van der Waals surface area contributed by atoms with Crippen LogP contribution in [0.5, 0.6) is 5.75 Å². The maximum Gasteiger partial charge on any atom is 0.254 e. The van der Waals surface area contributed by atoms with Gasteiger partial charge >= 0.3 is 0 Å². The molecular weight excluding hydrogens is 275 g/mol. The SMILES string of the molecule is COc1cc(C(=O)N2CCC(OC)CC2CN)ccc1F. The highest BCUT2D eigenvalue weighted by molar-refractivity contribution is 5.95. The van der Waals surface area contributed by atoms with Gasteiger partial charge in [0.2, 0.25) is 0 Å². The first kappa shape index (κ1) is 15.7. The molecule has 21 heavy (non-hydrogen) atoms. The molecule has 2 rings (SSSR count). The van der Waals surface area contributed by atoms with Gasteiger partial charge in [0.05, 0.1) is 13.2 Å². The number of carbonyl (C=O) groups excluding carboxylic acids is 1. The zero-order valence-electron chi connectivity index (χ0n) is 12.3. The summed E-state index contributed by atoms with van der Waals surface area (Å²) in [5, 5.41) is 0. The van der Waals surface area contributed by atoms with Crippen LogP contribution in [0.15, 0.2) is 18.2 Å². The van der Waals surface area contributed by atoms with Crippen LogP contribution in [0.25, 0.3) is 0 Å². The summed E-state index contributed by atoms with van der Waals surface area (Å²) in [5.41, 5.74) is 6.18. The molecule has 0 spiro atoms. The number of nitrogens with zero attached hydrogens (tertiary/aromatic N) is 1. The third-order valence-corrected chi connectivity index (χ3v) is 3.93. The molecular formula is C15H21FN2O3. The Bertz CT molecular complexity index is 510. The van der Waals surface area contributed by atoms with Crippen LogP contribution in [0, 0.1) is 5.82 Å². The average molecular weight is 296 g/mol. The second-order valence-corrected chi connectivity index (χ2v) is 5.12. The van der Waals surface area contributed by atoms with Crippen LogP contribution in [0.4, 0.5) is 4.39 Å². The van der Waals surface area contributed by atoms with Crippen molar-refractivity contribution in [3.05, 3.63) is 29.6 Å². The van der Waals surface area contributed by atoms with Gasteiger partial charge in [-0.05, 0) is 31.0 Å². The second-order valence-electron chi connectivity index (χ2n) is 5.12. The van der Waals surface area contributed by atoms with E-state index in [0.29, 0.717) is 18.7 Å². The molecule has 1 aromatic rings. The van der Waals surface area contributed by atoms with Crippen molar-refractivity contribution in [2.75, 3.05) is 27.3 Å². The predicted molar refractivity (Wildman–Crippen MR) is 76.9 cm³/mol. The van der Waals surface area contributed by atoms with Crippen molar-refractivity contribution in [1.82, 2.24) is 4.90 Å². The van der Waals surface area contributed by atoms with Crippen LogP contribution in [-0.4, -0.2) is 50.3 Å². The Morgan fingerprint density at radius 3 is 2.86 bits per heavy atom. The number of hydrogen-bond acceptors (Lipinski definition) is 4. The molecule has 1 saturated heterocycles.